The Bertz CT molecular complexity index is 1180. The van der Waals surface area contributed by atoms with E-state index in [9.17, 15) is 0 Å². The molecule has 2 heterocycles. The predicted molar refractivity (Wildman–Crippen MR) is 153 cm³/mol. The summed E-state index contributed by atoms with van der Waals surface area (Å²) < 4.78 is 12.1. The van der Waals surface area contributed by atoms with Gasteiger partial charge in [0.25, 0.3) is 0 Å². The molecule has 0 saturated heterocycles. The minimum atomic E-state index is 0.403. The summed E-state index contributed by atoms with van der Waals surface area (Å²) in [4.78, 5) is 4.60. The summed E-state index contributed by atoms with van der Waals surface area (Å²) in [5, 5.41) is 2.35. The predicted octanol–water partition coefficient (Wildman–Crippen LogP) is 6.70. The Morgan fingerprint density at radius 2 is 1.97 bits per heavy atom. The van der Waals surface area contributed by atoms with Crippen molar-refractivity contribution in [1.29, 1.82) is 0 Å². The molecule has 0 N–H and O–H groups in total. The van der Waals surface area contributed by atoms with Crippen LogP contribution in [-0.4, -0.2) is 35.8 Å². The first-order chi connectivity index (χ1) is 17.4. The van der Waals surface area contributed by atoms with E-state index in [1.807, 2.05) is 19.9 Å². The van der Waals surface area contributed by atoms with Gasteiger partial charge in [0.1, 0.15) is 18.2 Å². The van der Waals surface area contributed by atoms with Crippen molar-refractivity contribution < 1.29 is 9.47 Å². The minimum Gasteiger partial charge on any atom is -0.478 e. The van der Waals surface area contributed by atoms with Crippen LogP contribution in [0.2, 0.25) is 0 Å². The summed E-state index contributed by atoms with van der Waals surface area (Å²) in [5.41, 5.74) is 4.59. The molecule has 1 aromatic rings. The van der Waals surface area contributed by atoms with Crippen molar-refractivity contribution in [3.63, 3.8) is 0 Å². The van der Waals surface area contributed by atoms with Gasteiger partial charge in [0.2, 0.25) is 0 Å². The van der Waals surface area contributed by atoms with Gasteiger partial charge in [0.15, 0.2) is 6.73 Å². The van der Waals surface area contributed by atoms with Crippen LogP contribution in [0, 0.1) is 0 Å². The number of allylic oxidation sites excluding steroid dienone is 9. The Kier molecular flexibility index (Phi) is 8.85. The van der Waals surface area contributed by atoms with Crippen molar-refractivity contribution in [2.24, 2.45) is 0 Å². The highest BCUT2D eigenvalue weighted by Gasteiger charge is 2.23. The third-order valence-electron chi connectivity index (χ3n) is 6.31. The minimum absolute atomic E-state index is 0.403. The molecular formula is C31H37N2O2P. The molecule has 4 rings (SSSR count). The van der Waals surface area contributed by atoms with Crippen LogP contribution in [0.4, 0.5) is 0 Å². The highest BCUT2D eigenvalue weighted by molar-refractivity contribution is 7.52. The first kappa shape index (κ1) is 26.0. The molecule has 1 aliphatic carbocycles. The smallest absolute Gasteiger partial charge is 0.161 e. The van der Waals surface area contributed by atoms with Gasteiger partial charge in [-0.05, 0) is 73.7 Å². The molecule has 0 bridgehead atoms. The maximum atomic E-state index is 6.10. The standard InChI is InChI=1S/C31H37N2O2P/c1-6-10-28(17-23(2)3)32-19-24(4)30(34-21-32)15-13-25(5)36-29-14-16-31-26(18-29)20-33(22-35-31)27-11-8-7-9-12-27/h6-11,13-18,27,36H,2,5,12,19-22H2,1,3-4H3/b10-6-,15-13-,28-17+. The molecule has 5 heteroatoms. The number of benzene rings is 1. The van der Waals surface area contributed by atoms with E-state index in [1.165, 1.54) is 16.4 Å². The Morgan fingerprint density at radius 3 is 2.69 bits per heavy atom. The van der Waals surface area contributed by atoms with Gasteiger partial charge in [-0.15, -0.1) is 0 Å². The number of rotatable bonds is 8. The molecule has 0 saturated carbocycles. The second-order valence-electron chi connectivity index (χ2n) is 9.47. The van der Waals surface area contributed by atoms with E-state index in [2.05, 4.69) is 96.7 Å². The van der Waals surface area contributed by atoms with Gasteiger partial charge in [0.05, 0.1) is 0 Å². The summed E-state index contributed by atoms with van der Waals surface area (Å²) in [6, 6.07) is 6.94. The van der Waals surface area contributed by atoms with Gasteiger partial charge in [0, 0.05) is 30.4 Å². The molecule has 0 fully saturated rings. The van der Waals surface area contributed by atoms with E-state index in [4.69, 9.17) is 9.47 Å². The molecule has 0 spiro atoms. The second-order valence-corrected chi connectivity index (χ2v) is 10.9. The monoisotopic (exact) mass is 500 g/mol. The Morgan fingerprint density at radius 1 is 1.11 bits per heavy atom. The Balaban J connectivity index is 1.37. The van der Waals surface area contributed by atoms with E-state index in [0.29, 0.717) is 28.1 Å². The second kappa shape index (κ2) is 12.3. The zero-order chi connectivity index (χ0) is 25.5. The first-order valence-electron chi connectivity index (χ1n) is 12.5. The fraction of sp³-hybridized carbons (Fsp3) is 0.290. The molecule has 0 aromatic heterocycles. The lowest BCUT2D eigenvalue weighted by molar-refractivity contribution is 0.0726. The van der Waals surface area contributed by atoms with Crippen LogP contribution in [0.25, 0.3) is 0 Å². The lowest BCUT2D eigenvalue weighted by Crippen LogP contribution is -2.39. The van der Waals surface area contributed by atoms with E-state index in [1.54, 1.807) is 0 Å². The highest BCUT2D eigenvalue weighted by Crippen LogP contribution is 2.31. The van der Waals surface area contributed by atoms with E-state index < -0.39 is 0 Å². The SMILES string of the molecule is C=C(C)/C=C(\C=C/C)N1COC(/C=C\C(=C)Pc2ccc3c(c2)CN(C2C=CC=CC2)CO3)=C(C)C1. The van der Waals surface area contributed by atoms with Crippen LogP contribution in [0.3, 0.4) is 0 Å². The third kappa shape index (κ3) is 6.78. The average molecular weight is 501 g/mol. The van der Waals surface area contributed by atoms with Gasteiger partial charge in [-0.1, -0.05) is 69.8 Å². The lowest BCUT2D eigenvalue weighted by Gasteiger charge is -2.34. The summed E-state index contributed by atoms with van der Waals surface area (Å²) in [6.07, 6.45) is 20.1. The molecule has 0 radical (unpaired) electrons. The number of fused-ring (bicyclic) bond motifs is 1. The van der Waals surface area contributed by atoms with Gasteiger partial charge >= 0.3 is 0 Å². The molecule has 2 atom stereocenters. The molecular weight excluding hydrogens is 463 g/mol. The fourth-order valence-corrected chi connectivity index (χ4v) is 5.45. The molecule has 2 unspecified atom stereocenters. The van der Waals surface area contributed by atoms with Crippen molar-refractivity contribution in [3.05, 3.63) is 120 Å². The van der Waals surface area contributed by atoms with Gasteiger partial charge in [-0.25, -0.2) is 0 Å². The van der Waals surface area contributed by atoms with Crippen LogP contribution in [0.15, 0.2) is 114 Å². The zero-order valence-electron chi connectivity index (χ0n) is 21.7. The summed E-state index contributed by atoms with van der Waals surface area (Å²) in [5.74, 6) is 1.92. The quantitative estimate of drug-likeness (QED) is 0.293. The van der Waals surface area contributed by atoms with Crippen LogP contribution in [0.1, 0.15) is 32.8 Å². The molecule has 1 aromatic carbocycles. The van der Waals surface area contributed by atoms with Crippen molar-refractivity contribution in [2.75, 3.05) is 20.0 Å². The van der Waals surface area contributed by atoms with Gasteiger partial charge < -0.3 is 14.4 Å². The maximum Gasteiger partial charge on any atom is 0.161 e. The normalized spacial score (nSPS) is 20.9. The average Bonchev–Trinajstić information content (AvgIpc) is 2.87. The van der Waals surface area contributed by atoms with Crippen LogP contribution in [0.5, 0.6) is 5.75 Å². The number of hydrogen-bond acceptors (Lipinski definition) is 4. The van der Waals surface area contributed by atoms with Crippen molar-refractivity contribution >= 4 is 13.9 Å². The molecule has 0 amide bonds. The zero-order valence-corrected chi connectivity index (χ0v) is 22.7. The van der Waals surface area contributed by atoms with Crippen LogP contribution >= 0.6 is 8.58 Å². The largest absolute Gasteiger partial charge is 0.478 e. The molecule has 36 heavy (non-hydrogen) atoms. The third-order valence-corrected chi connectivity index (χ3v) is 7.40. The Labute approximate surface area is 218 Å². The molecule has 188 valence electrons. The lowest BCUT2D eigenvalue weighted by atomic mass is 10.1. The first-order valence-corrected chi connectivity index (χ1v) is 13.5. The molecule has 2 aliphatic heterocycles. The highest BCUT2D eigenvalue weighted by atomic mass is 31.1. The number of ether oxygens (including phenoxy) is 2. The Hall–Kier alpha value is -3.07. The summed E-state index contributed by atoms with van der Waals surface area (Å²) in [6.45, 7) is 17.4. The van der Waals surface area contributed by atoms with Gasteiger partial charge in [-0.3, -0.25) is 4.90 Å². The fourth-order valence-electron chi connectivity index (χ4n) is 4.50. The summed E-state index contributed by atoms with van der Waals surface area (Å²) in [7, 11) is 0.502. The van der Waals surface area contributed by atoms with E-state index >= 15 is 0 Å². The number of nitrogens with zero attached hydrogens (tertiary/aromatic N) is 2. The van der Waals surface area contributed by atoms with Crippen LogP contribution in [-0.2, 0) is 11.3 Å². The molecule has 4 nitrogen and oxygen atoms in total. The van der Waals surface area contributed by atoms with E-state index in [0.717, 1.165) is 47.6 Å². The van der Waals surface area contributed by atoms with Crippen molar-refractivity contribution in [2.45, 2.75) is 39.8 Å². The van der Waals surface area contributed by atoms with Gasteiger partial charge in [-0.2, -0.15) is 0 Å². The maximum absolute atomic E-state index is 6.10. The summed E-state index contributed by atoms with van der Waals surface area (Å²) >= 11 is 0. The van der Waals surface area contributed by atoms with Crippen molar-refractivity contribution in [1.82, 2.24) is 9.80 Å². The van der Waals surface area contributed by atoms with E-state index in [-0.39, 0.29) is 0 Å². The van der Waals surface area contributed by atoms with Crippen molar-refractivity contribution in [3.8, 4) is 5.75 Å². The molecule has 3 aliphatic rings. The topological polar surface area (TPSA) is 24.9 Å². The van der Waals surface area contributed by atoms with Crippen LogP contribution < -0.4 is 10.0 Å². The number of hydrogen-bond donors (Lipinski definition) is 0.